The van der Waals surface area contributed by atoms with Gasteiger partial charge in [0.2, 0.25) is 0 Å². The molecule has 4 heteroatoms. The first-order valence-corrected chi connectivity index (χ1v) is 21.4. The fourth-order valence-electron chi connectivity index (χ4n) is 10.7. The molecule has 14 aromatic rings. The van der Waals surface area contributed by atoms with Gasteiger partial charge in [-0.2, -0.15) is 0 Å². The van der Waals surface area contributed by atoms with E-state index >= 15 is 0 Å². The smallest absolute Gasteiger partial charge is 0.0788 e. The lowest BCUT2D eigenvalue weighted by atomic mass is 10.1. The number of aromatic nitrogens is 4. The van der Waals surface area contributed by atoms with Gasteiger partial charge in [-0.3, -0.25) is 0 Å². The third-order valence-electron chi connectivity index (χ3n) is 13.3. The molecule has 4 aromatic heterocycles. The van der Waals surface area contributed by atoms with E-state index in [4.69, 9.17) is 0 Å². The Balaban J connectivity index is 1.01. The molecule has 4 nitrogen and oxygen atoms in total. The van der Waals surface area contributed by atoms with Crippen LogP contribution in [0.4, 0.5) is 0 Å². The van der Waals surface area contributed by atoms with Gasteiger partial charge >= 0.3 is 0 Å². The highest BCUT2D eigenvalue weighted by Gasteiger charge is 2.23. The minimum absolute atomic E-state index is 1.14. The number of para-hydroxylation sites is 6. The molecule has 0 spiro atoms. The molecular formula is C58H36N4. The van der Waals surface area contributed by atoms with E-state index in [1.807, 2.05) is 0 Å². The molecule has 0 bridgehead atoms. The first kappa shape index (κ1) is 33.5. The lowest BCUT2D eigenvalue weighted by Crippen LogP contribution is -1.99. The van der Waals surface area contributed by atoms with Gasteiger partial charge in [-0.05, 0) is 89.6 Å². The second kappa shape index (κ2) is 12.6. The summed E-state index contributed by atoms with van der Waals surface area (Å²) in [5.74, 6) is 0. The van der Waals surface area contributed by atoms with Crippen LogP contribution in [-0.4, -0.2) is 18.3 Å². The van der Waals surface area contributed by atoms with Crippen LogP contribution in [0.2, 0.25) is 0 Å². The highest BCUT2D eigenvalue weighted by molar-refractivity contribution is 6.27. The van der Waals surface area contributed by atoms with E-state index in [0.717, 1.165) is 22.7 Å². The Bertz CT molecular complexity index is 4140. The van der Waals surface area contributed by atoms with Crippen molar-refractivity contribution in [3.63, 3.8) is 0 Å². The van der Waals surface area contributed by atoms with E-state index in [1.54, 1.807) is 0 Å². The number of benzene rings is 10. The maximum Gasteiger partial charge on any atom is 0.0788 e. The number of nitrogens with zero attached hydrogens (tertiary/aromatic N) is 4. The summed E-state index contributed by atoms with van der Waals surface area (Å²) in [7, 11) is 0. The van der Waals surface area contributed by atoms with E-state index in [0.29, 0.717) is 0 Å². The van der Waals surface area contributed by atoms with Crippen LogP contribution in [0.1, 0.15) is 0 Å². The first-order valence-electron chi connectivity index (χ1n) is 21.4. The Morgan fingerprint density at radius 3 is 1.10 bits per heavy atom. The van der Waals surface area contributed by atoms with Gasteiger partial charge in [-0.1, -0.05) is 140 Å². The van der Waals surface area contributed by atoms with Gasteiger partial charge in [0.1, 0.15) is 0 Å². The monoisotopic (exact) mass is 788 g/mol. The second-order valence-electron chi connectivity index (χ2n) is 16.5. The van der Waals surface area contributed by atoms with Crippen LogP contribution < -0.4 is 0 Å². The van der Waals surface area contributed by atoms with Gasteiger partial charge in [0, 0.05) is 65.8 Å². The number of fused-ring (bicyclic) bond motifs is 15. The zero-order chi connectivity index (χ0) is 40.5. The van der Waals surface area contributed by atoms with Gasteiger partial charge in [0.15, 0.2) is 0 Å². The molecular weight excluding hydrogens is 753 g/mol. The molecule has 288 valence electrons. The summed E-state index contributed by atoms with van der Waals surface area (Å²) in [6.45, 7) is 0. The molecule has 0 unspecified atom stereocenters. The normalized spacial score (nSPS) is 12.2. The third-order valence-corrected chi connectivity index (χ3v) is 13.3. The van der Waals surface area contributed by atoms with Gasteiger partial charge in [-0.15, -0.1) is 0 Å². The Kier molecular flexibility index (Phi) is 6.80. The molecule has 62 heavy (non-hydrogen) atoms. The summed E-state index contributed by atoms with van der Waals surface area (Å²) >= 11 is 0. The van der Waals surface area contributed by atoms with Crippen LogP contribution in [-0.2, 0) is 0 Å². The van der Waals surface area contributed by atoms with Crippen molar-refractivity contribution in [2.24, 2.45) is 0 Å². The number of hydrogen-bond acceptors (Lipinski definition) is 0. The molecule has 0 saturated carbocycles. The van der Waals surface area contributed by atoms with Crippen LogP contribution in [0.3, 0.4) is 0 Å². The SMILES string of the molecule is c1ccc(-n2c3ccccc3c3ccc4c(c5ccccc5n4-c4ccc5cc(-n6c7ccccc7c7ccc8c9ccccc9n(-c9ccccc9)c8c76)ccc5c4)c32)cc1. The Morgan fingerprint density at radius 2 is 0.581 bits per heavy atom. The van der Waals surface area contributed by atoms with Crippen molar-refractivity contribution < 1.29 is 0 Å². The molecule has 0 atom stereocenters. The molecule has 4 heterocycles. The standard InChI is InChI=1S/C58H36N4/c1-3-15-39(16-4-1)60-50-23-11-7-19-43(50)46-33-34-54-55(56(46)60)49-22-10-14-26-53(49)59(54)41-29-27-38-36-42(30-28-37(38)35-41)62-52-25-13-9-21-45(52)48-32-31-47-44-20-8-12-24-51(44)61(57(47)58(48)62)40-17-5-2-6-18-40/h1-36H. The zero-order valence-electron chi connectivity index (χ0n) is 33.6. The van der Waals surface area contributed by atoms with Gasteiger partial charge in [0.05, 0.1) is 44.1 Å². The molecule has 0 fully saturated rings. The van der Waals surface area contributed by atoms with Crippen LogP contribution in [0.25, 0.3) is 121 Å². The van der Waals surface area contributed by atoms with Crippen molar-refractivity contribution in [3.8, 4) is 22.7 Å². The van der Waals surface area contributed by atoms with Crippen molar-refractivity contribution >= 4 is 98.0 Å². The first-order chi connectivity index (χ1) is 30.8. The Morgan fingerprint density at radius 1 is 0.210 bits per heavy atom. The van der Waals surface area contributed by atoms with Crippen LogP contribution in [0, 0.1) is 0 Å². The minimum Gasteiger partial charge on any atom is -0.309 e. The third kappa shape index (κ3) is 4.50. The van der Waals surface area contributed by atoms with E-state index in [1.165, 1.54) is 98.0 Å². The van der Waals surface area contributed by atoms with Gasteiger partial charge in [0.25, 0.3) is 0 Å². The van der Waals surface area contributed by atoms with Gasteiger partial charge < -0.3 is 18.3 Å². The maximum atomic E-state index is 2.49. The average Bonchev–Trinajstić information content (AvgIpc) is 4.07. The molecule has 0 saturated heterocycles. The highest BCUT2D eigenvalue weighted by atomic mass is 15.0. The molecule has 0 amide bonds. The predicted octanol–water partition coefficient (Wildman–Crippen LogP) is 15.2. The largest absolute Gasteiger partial charge is 0.309 e. The second-order valence-corrected chi connectivity index (χ2v) is 16.5. The van der Waals surface area contributed by atoms with Gasteiger partial charge in [-0.25, -0.2) is 0 Å². The topological polar surface area (TPSA) is 19.7 Å². The maximum absolute atomic E-state index is 2.49. The summed E-state index contributed by atoms with van der Waals surface area (Å²) in [5.41, 5.74) is 14.3. The fourth-order valence-corrected chi connectivity index (χ4v) is 10.7. The molecule has 0 aliphatic rings. The fraction of sp³-hybridized carbons (Fsp3) is 0. The van der Waals surface area contributed by atoms with Crippen molar-refractivity contribution in [1.82, 2.24) is 18.3 Å². The average molecular weight is 789 g/mol. The van der Waals surface area contributed by atoms with Crippen molar-refractivity contribution in [2.75, 3.05) is 0 Å². The molecule has 14 rings (SSSR count). The summed E-state index contributed by atoms with van der Waals surface area (Å²) in [6, 6.07) is 80.1. The molecule has 10 aromatic carbocycles. The lowest BCUT2D eigenvalue weighted by Gasteiger charge is -2.14. The van der Waals surface area contributed by atoms with Crippen molar-refractivity contribution in [3.05, 3.63) is 218 Å². The van der Waals surface area contributed by atoms with Crippen LogP contribution >= 0.6 is 0 Å². The van der Waals surface area contributed by atoms with Crippen molar-refractivity contribution in [2.45, 2.75) is 0 Å². The molecule has 0 radical (unpaired) electrons. The predicted molar refractivity (Wildman–Crippen MR) is 261 cm³/mol. The van der Waals surface area contributed by atoms with E-state index in [9.17, 15) is 0 Å². The van der Waals surface area contributed by atoms with E-state index in [2.05, 4.69) is 237 Å². The summed E-state index contributed by atoms with van der Waals surface area (Å²) in [6.07, 6.45) is 0. The van der Waals surface area contributed by atoms with E-state index in [-0.39, 0.29) is 0 Å². The lowest BCUT2D eigenvalue weighted by molar-refractivity contribution is 1.15. The minimum atomic E-state index is 1.14. The molecule has 0 N–H and O–H groups in total. The summed E-state index contributed by atoms with van der Waals surface area (Å²) in [4.78, 5) is 0. The quantitative estimate of drug-likeness (QED) is 0.169. The van der Waals surface area contributed by atoms with E-state index < -0.39 is 0 Å². The zero-order valence-corrected chi connectivity index (χ0v) is 33.6. The molecule has 0 aliphatic carbocycles. The van der Waals surface area contributed by atoms with Crippen LogP contribution in [0.5, 0.6) is 0 Å². The number of rotatable bonds is 4. The van der Waals surface area contributed by atoms with Crippen molar-refractivity contribution in [1.29, 1.82) is 0 Å². The molecule has 0 aliphatic heterocycles. The Hall–Kier alpha value is -8.34. The number of hydrogen-bond donors (Lipinski definition) is 0. The van der Waals surface area contributed by atoms with Crippen LogP contribution in [0.15, 0.2) is 218 Å². The Labute approximate surface area is 355 Å². The highest BCUT2D eigenvalue weighted by Crippen LogP contribution is 2.44. The summed E-state index contributed by atoms with van der Waals surface area (Å²) in [5, 5.41) is 12.4. The summed E-state index contributed by atoms with van der Waals surface area (Å²) < 4.78 is 9.85.